The van der Waals surface area contributed by atoms with E-state index in [0.717, 1.165) is 30.5 Å². The molecular formula is C17H21N3O. The van der Waals surface area contributed by atoms with Gasteiger partial charge in [0, 0.05) is 18.2 Å². The molecule has 2 aromatic rings. The minimum Gasteiger partial charge on any atom is -0.356 e. The first-order valence-electron chi connectivity index (χ1n) is 8.06. The molecule has 1 fully saturated rings. The zero-order valence-corrected chi connectivity index (χ0v) is 12.3. The normalized spacial score (nSPS) is 23.2. The van der Waals surface area contributed by atoms with Gasteiger partial charge in [-0.05, 0) is 62.1 Å². The van der Waals surface area contributed by atoms with Crippen LogP contribution in [-0.4, -0.2) is 21.4 Å². The Kier molecular flexibility index (Phi) is 3.47. The Hall–Kier alpha value is -1.68. The fourth-order valence-electron chi connectivity index (χ4n) is 3.34. The van der Waals surface area contributed by atoms with Gasteiger partial charge < -0.3 is 4.74 Å². The highest BCUT2D eigenvalue weighted by Crippen LogP contribution is 2.29. The SMILES string of the molecule is C1=C(c2cnc3c(cnn3C3CCCCO3)c2)CCCC1. The van der Waals surface area contributed by atoms with Crippen LogP contribution in [0.15, 0.2) is 24.5 Å². The Balaban J connectivity index is 1.68. The van der Waals surface area contributed by atoms with Gasteiger partial charge in [0.1, 0.15) is 0 Å². The van der Waals surface area contributed by atoms with E-state index in [2.05, 4.69) is 22.2 Å². The van der Waals surface area contributed by atoms with E-state index >= 15 is 0 Å². The number of nitrogens with zero attached hydrogens (tertiary/aromatic N) is 3. The van der Waals surface area contributed by atoms with Crippen molar-refractivity contribution in [3.63, 3.8) is 0 Å². The van der Waals surface area contributed by atoms with Crippen LogP contribution in [0.2, 0.25) is 0 Å². The maximum atomic E-state index is 5.83. The maximum Gasteiger partial charge on any atom is 0.160 e. The van der Waals surface area contributed by atoms with Gasteiger partial charge in [-0.2, -0.15) is 5.10 Å². The largest absolute Gasteiger partial charge is 0.356 e. The summed E-state index contributed by atoms with van der Waals surface area (Å²) in [4.78, 5) is 4.67. The first-order valence-corrected chi connectivity index (χ1v) is 8.06. The molecule has 0 radical (unpaired) electrons. The second kappa shape index (κ2) is 5.60. The quantitative estimate of drug-likeness (QED) is 0.833. The first-order chi connectivity index (χ1) is 10.4. The molecule has 0 aromatic carbocycles. The van der Waals surface area contributed by atoms with Crippen molar-refractivity contribution in [3.05, 3.63) is 30.1 Å². The predicted molar refractivity (Wildman–Crippen MR) is 82.8 cm³/mol. The standard InChI is InChI=1S/C17H21N3O/c1-2-6-13(7-3-1)14-10-15-12-19-20(17(15)18-11-14)16-8-4-5-9-21-16/h6,10-12,16H,1-5,7-9H2. The number of fused-ring (bicyclic) bond motifs is 1. The minimum absolute atomic E-state index is 0.0588. The highest BCUT2D eigenvalue weighted by atomic mass is 16.5. The highest BCUT2D eigenvalue weighted by molar-refractivity contribution is 5.80. The monoisotopic (exact) mass is 283 g/mol. The summed E-state index contributed by atoms with van der Waals surface area (Å²) in [5.41, 5.74) is 3.64. The van der Waals surface area contributed by atoms with Gasteiger partial charge in [-0.3, -0.25) is 0 Å². The molecule has 1 unspecified atom stereocenters. The van der Waals surface area contributed by atoms with Gasteiger partial charge in [-0.1, -0.05) is 6.08 Å². The van der Waals surface area contributed by atoms with E-state index < -0.39 is 0 Å². The van der Waals surface area contributed by atoms with Crippen molar-refractivity contribution in [2.75, 3.05) is 6.61 Å². The third kappa shape index (κ3) is 2.48. The molecule has 4 nitrogen and oxygen atoms in total. The highest BCUT2D eigenvalue weighted by Gasteiger charge is 2.19. The van der Waals surface area contributed by atoms with Crippen molar-refractivity contribution in [1.82, 2.24) is 14.8 Å². The Labute approximate surface area is 124 Å². The second-order valence-electron chi connectivity index (χ2n) is 6.02. The van der Waals surface area contributed by atoms with Crippen molar-refractivity contribution in [2.45, 2.75) is 51.2 Å². The molecule has 1 aliphatic carbocycles. The van der Waals surface area contributed by atoms with Gasteiger partial charge in [-0.25, -0.2) is 9.67 Å². The number of pyridine rings is 1. The van der Waals surface area contributed by atoms with Crippen LogP contribution in [0.25, 0.3) is 16.6 Å². The van der Waals surface area contributed by atoms with E-state index in [-0.39, 0.29) is 6.23 Å². The molecule has 1 aliphatic heterocycles. The molecule has 0 saturated carbocycles. The van der Waals surface area contributed by atoms with Crippen LogP contribution >= 0.6 is 0 Å². The molecule has 110 valence electrons. The van der Waals surface area contributed by atoms with Gasteiger partial charge in [-0.15, -0.1) is 0 Å². The van der Waals surface area contributed by atoms with Crippen molar-refractivity contribution >= 4 is 16.6 Å². The van der Waals surface area contributed by atoms with E-state index in [1.165, 1.54) is 43.2 Å². The molecule has 0 N–H and O–H groups in total. The van der Waals surface area contributed by atoms with Crippen LogP contribution in [0.3, 0.4) is 0 Å². The molecule has 2 aromatic heterocycles. The third-order valence-corrected chi connectivity index (χ3v) is 4.52. The molecule has 21 heavy (non-hydrogen) atoms. The van der Waals surface area contributed by atoms with Gasteiger partial charge in [0.25, 0.3) is 0 Å². The number of aromatic nitrogens is 3. The lowest BCUT2D eigenvalue weighted by atomic mass is 9.94. The lowest BCUT2D eigenvalue weighted by Gasteiger charge is -2.23. The molecule has 4 heteroatoms. The van der Waals surface area contributed by atoms with Crippen LogP contribution in [0.1, 0.15) is 56.7 Å². The van der Waals surface area contributed by atoms with Crippen molar-refractivity contribution < 1.29 is 4.74 Å². The lowest BCUT2D eigenvalue weighted by molar-refractivity contribution is -0.0370. The van der Waals surface area contributed by atoms with Crippen molar-refractivity contribution in [1.29, 1.82) is 0 Å². The molecule has 1 saturated heterocycles. The Bertz CT molecular complexity index is 668. The van der Waals surface area contributed by atoms with Crippen LogP contribution < -0.4 is 0 Å². The number of allylic oxidation sites excluding steroid dienone is 2. The molecule has 2 aliphatic rings. The molecule has 0 spiro atoms. The summed E-state index contributed by atoms with van der Waals surface area (Å²) in [6.45, 7) is 0.830. The van der Waals surface area contributed by atoms with Crippen LogP contribution in [0.5, 0.6) is 0 Å². The molecule has 4 rings (SSSR count). The lowest BCUT2D eigenvalue weighted by Crippen LogP contribution is -2.19. The van der Waals surface area contributed by atoms with E-state index in [9.17, 15) is 0 Å². The van der Waals surface area contributed by atoms with Gasteiger partial charge in [0.15, 0.2) is 11.9 Å². The molecule has 0 bridgehead atoms. The zero-order valence-electron chi connectivity index (χ0n) is 12.3. The van der Waals surface area contributed by atoms with Crippen LogP contribution in [0.4, 0.5) is 0 Å². The minimum atomic E-state index is 0.0588. The third-order valence-electron chi connectivity index (χ3n) is 4.52. The van der Waals surface area contributed by atoms with Crippen LogP contribution in [0, 0.1) is 0 Å². The van der Waals surface area contributed by atoms with E-state index in [1.807, 2.05) is 17.1 Å². The molecule has 3 heterocycles. The molecular weight excluding hydrogens is 262 g/mol. The topological polar surface area (TPSA) is 39.9 Å². The van der Waals surface area contributed by atoms with Gasteiger partial charge in [0.2, 0.25) is 0 Å². The summed E-state index contributed by atoms with van der Waals surface area (Å²) in [5, 5.41) is 5.63. The Morgan fingerprint density at radius 1 is 1.14 bits per heavy atom. The number of rotatable bonds is 2. The van der Waals surface area contributed by atoms with Gasteiger partial charge >= 0.3 is 0 Å². The average Bonchev–Trinajstić information content (AvgIpc) is 2.99. The fourth-order valence-corrected chi connectivity index (χ4v) is 3.34. The maximum absolute atomic E-state index is 5.83. The summed E-state index contributed by atoms with van der Waals surface area (Å²) < 4.78 is 7.78. The second-order valence-corrected chi connectivity index (χ2v) is 6.02. The molecule has 0 amide bonds. The van der Waals surface area contributed by atoms with Gasteiger partial charge in [0.05, 0.1) is 6.20 Å². The van der Waals surface area contributed by atoms with Crippen molar-refractivity contribution in [2.24, 2.45) is 0 Å². The average molecular weight is 283 g/mol. The summed E-state index contributed by atoms with van der Waals surface area (Å²) in [6, 6.07) is 2.23. The number of ether oxygens (including phenoxy) is 1. The predicted octanol–water partition coefficient (Wildman–Crippen LogP) is 4.09. The first kappa shape index (κ1) is 13.0. The Morgan fingerprint density at radius 2 is 2.14 bits per heavy atom. The summed E-state index contributed by atoms with van der Waals surface area (Å²) >= 11 is 0. The van der Waals surface area contributed by atoms with E-state index in [0.29, 0.717) is 0 Å². The smallest absolute Gasteiger partial charge is 0.160 e. The fraction of sp³-hybridized carbons (Fsp3) is 0.529. The number of hydrogen-bond donors (Lipinski definition) is 0. The number of hydrogen-bond acceptors (Lipinski definition) is 3. The summed E-state index contributed by atoms with van der Waals surface area (Å²) in [6.07, 6.45) is 14.7. The summed E-state index contributed by atoms with van der Waals surface area (Å²) in [5.74, 6) is 0. The molecule has 1 atom stereocenters. The van der Waals surface area contributed by atoms with E-state index in [1.54, 1.807) is 0 Å². The Morgan fingerprint density at radius 3 is 2.95 bits per heavy atom. The van der Waals surface area contributed by atoms with E-state index in [4.69, 9.17) is 4.74 Å². The summed E-state index contributed by atoms with van der Waals surface area (Å²) in [7, 11) is 0. The van der Waals surface area contributed by atoms with Crippen molar-refractivity contribution in [3.8, 4) is 0 Å². The zero-order chi connectivity index (χ0) is 14.1. The van der Waals surface area contributed by atoms with Crippen LogP contribution in [-0.2, 0) is 4.74 Å².